The minimum absolute atomic E-state index is 0.0617. The molecule has 1 aromatic carbocycles. The van der Waals surface area contributed by atoms with Crippen LogP contribution in [0, 0.1) is 18.6 Å². The lowest BCUT2D eigenvalue weighted by molar-refractivity contribution is 0.164. The van der Waals surface area contributed by atoms with Gasteiger partial charge < -0.3 is 10.4 Å². The summed E-state index contributed by atoms with van der Waals surface area (Å²) < 4.78 is 27.0. The number of nitrogens with zero attached hydrogens (tertiary/aromatic N) is 1. The summed E-state index contributed by atoms with van der Waals surface area (Å²) in [5, 5.41) is 12.8. The second kappa shape index (κ2) is 6.54. The molecule has 1 heterocycles. The molecule has 20 heavy (non-hydrogen) atoms. The van der Waals surface area contributed by atoms with Crippen LogP contribution in [0.25, 0.3) is 0 Å². The quantitative estimate of drug-likeness (QED) is 0.883. The minimum Gasteiger partial charge on any atom is -0.387 e. The number of benzene rings is 1. The largest absolute Gasteiger partial charge is 0.387 e. The Morgan fingerprint density at radius 3 is 2.60 bits per heavy atom. The molecule has 0 saturated heterocycles. The van der Waals surface area contributed by atoms with Gasteiger partial charge in [0.1, 0.15) is 11.6 Å². The lowest BCUT2D eigenvalue weighted by atomic mass is 10.1. The second-order valence-electron chi connectivity index (χ2n) is 4.58. The number of rotatable bonds is 5. The van der Waals surface area contributed by atoms with E-state index in [1.165, 1.54) is 6.07 Å². The Kier molecular flexibility index (Phi) is 4.76. The predicted octanol–water partition coefficient (Wildman–Crippen LogP) is 2.49. The molecule has 1 aromatic heterocycles. The van der Waals surface area contributed by atoms with E-state index in [0.29, 0.717) is 6.54 Å². The van der Waals surface area contributed by atoms with E-state index in [9.17, 15) is 13.9 Å². The van der Waals surface area contributed by atoms with Crippen molar-refractivity contribution in [3.05, 3.63) is 65.0 Å². The van der Waals surface area contributed by atoms with Gasteiger partial charge in [-0.25, -0.2) is 8.78 Å². The molecule has 0 aliphatic heterocycles. The highest BCUT2D eigenvalue weighted by Gasteiger charge is 2.17. The SMILES string of the molecule is Cc1ccncc1CNCC(O)c1c(F)cccc1F. The van der Waals surface area contributed by atoms with E-state index >= 15 is 0 Å². The Hall–Kier alpha value is -1.85. The zero-order valence-electron chi connectivity index (χ0n) is 11.1. The Labute approximate surface area is 116 Å². The molecule has 1 unspecified atom stereocenters. The summed E-state index contributed by atoms with van der Waals surface area (Å²) >= 11 is 0. The van der Waals surface area contributed by atoms with Gasteiger partial charge in [-0.1, -0.05) is 6.07 Å². The van der Waals surface area contributed by atoms with Crippen LogP contribution in [0.2, 0.25) is 0 Å². The lowest BCUT2D eigenvalue weighted by Gasteiger charge is -2.14. The summed E-state index contributed by atoms with van der Waals surface area (Å²) in [4.78, 5) is 4.01. The summed E-state index contributed by atoms with van der Waals surface area (Å²) in [5.74, 6) is -1.48. The zero-order chi connectivity index (χ0) is 14.5. The summed E-state index contributed by atoms with van der Waals surface area (Å²) in [7, 11) is 0. The molecule has 1 atom stereocenters. The summed E-state index contributed by atoms with van der Waals surface area (Å²) in [5.41, 5.74) is 1.75. The smallest absolute Gasteiger partial charge is 0.131 e. The van der Waals surface area contributed by atoms with Crippen LogP contribution in [-0.4, -0.2) is 16.6 Å². The maximum atomic E-state index is 13.5. The van der Waals surface area contributed by atoms with Gasteiger partial charge in [-0.05, 0) is 36.2 Å². The maximum Gasteiger partial charge on any atom is 0.131 e. The first-order valence-electron chi connectivity index (χ1n) is 6.31. The van der Waals surface area contributed by atoms with Crippen LogP contribution in [-0.2, 0) is 6.54 Å². The molecule has 2 rings (SSSR count). The minimum atomic E-state index is -1.23. The van der Waals surface area contributed by atoms with Crippen LogP contribution in [0.5, 0.6) is 0 Å². The highest BCUT2D eigenvalue weighted by molar-refractivity contribution is 5.23. The van der Waals surface area contributed by atoms with Crippen molar-refractivity contribution in [2.75, 3.05) is 6.54 Å². The first kappa shape index (κ1) is 14.6. The van der Waals surface area contributed by atoms with E-state index in [0.717, 1.165) is 23.3 Å². The maximum absolute atomic E-state index is 13.5. The Balaban J connectivity index is 1.96. The number of aliphatic hydroxyl groups excluding tert-OH is 1. The van der Waals surface area contributed by atoms with Crippen molar-refractivity contribution < 1.29 is 13.9 Å². The van der Waals surface area contributed by atoms with Gasteiger partial charge in [0.05, 0.1) is 11.7 Å². The van der Waals surface area contributed by atoms with Crippen molar-refractivity contribution >= 4 is 0 Å². The number of aryl methyl sites for hydroxylation is 1. The van der Waals surface area contributed by atoms with E-state index in [2.05, 4.69) is 10.3 Å². The second-order valence-corrected chi connectivity index (χ2v) is 4.58. The fourth-order valence-electron chi connectivity index (χ4n) is 1.96. The molecule has 0 spiro atoms. The molecule has 0 bridgehead atoms. The van der Waals surface area contributed by atoms with Crippen LogP contribution < -0.4 is 5.32 Å². The molecule has 0 aliphatic rings. The van der Waals surface area contributed by atoms with Gasteiger partial charge in [-0.15, -0.1) is 0 Å². The van der Waals surface area contributed by atoms with Crippen LogP contribution in [0.3, 0.4) is 0 Å². The molecule has 2 N–H and O–H groups in total. The molecule has 0 saturated carbocycles. The number of aromatic nitrogens is 1. The molecule has 2 aromatic rings. The first-order chi connectivity index (χ1) is 9.59. The van der Waals surface area contributed by atoms with Gasteiger partial charge in [0.15, 0.2) is 0 Å². The van der Waals surface area contributed by atoms with Crippen molar-refractivity contribution in [1.29, 1.82) is 0 Å². The number of pyridine rings is 1. The Morgan fingerprint density at radius 2 is 1.95 bits per heavy atom. The van der Waals surface area contributed by atoms with Crippen LogP contribution in [0.1, 0.15) is 22.8 Å². The van der Waals surface area contributed by atoms with Crippen LogP contribution in [0.15, 0.2) is 36.7 Å². The topological polar surface area (TPSA) is 45.2 Å². The third-order valence-corrected chi connectivity index (χ3v) is 3.13. The average molecular weight is 278 g/mol. The Bertz CT molecular complexity index is 570. The highest BCUT2D eigenvalue weighted by atomic mass is 19.1. The van der Waals surface area contributed by atoms with Gasteiger partial charge in [-0.2, -0.15) is 0 Å². The normalized spacial score (nSPS) is 12.4. The fourth-order valence-corrected chi connectivity index (χ4v) is 1.96. The number of halogens is 2. The zero-order valence-corrected chi connectivity index (χ0v) is 11.1. The van der Waals surface area contributed by atoms with Gasteiger partial charge >= 0.3 is 0 Å². The number of hydrogen-bond donors (Lipinski definition) is 2. The van der Waals surface area contributed by atoms with Gasteiger partial charge in [0.25, 0.3) is 0 Å². The molecule has 0 amide bonds. The van der Waals surface area contributed by atoms with Crippen molar-refractivity contribution in [2.24, 2.45) is 0 Å². The molecular formula is C15H16F2N2O. The summed E-state index contributed by atoms with van der Waals surface area (Å²) in [6.45, 7) is 2.49. The molecule has 0 aliphatic carbocycles. The van der Waals surface area contributed by atoms with Gasteiger partial charge in [0, 0.05) is 25.5 Å². The molecule has 5 heteroatoms. The molecule has 3 nitrogen and oxygen atoms in total. The average Bonchev–Trinajstić information content (AvgIpc) is 2.41. The summed E-state index contributed by atoms with van der Waals surface area (Å²) in [6, 6.07) is 5.41. The molecule has 0 fully saturated rings. The molecule has 106 valence electrons. The summed E-state index contributed by atoms with van der Waals surface area (Å²) in [6.07, 6.45) is 2.19. The van der Waals surface area contributed by atoms with E-state index in [-0.39, 0.29) is 12.1 Å². The molecular weight excluding hydrogens is 262 g/mol. The van der Waals surface area contributed by atoms with Crippen molar-refractivity contribution in [2.45, 2.75) is 19.6 Å². The van der Waals surface area contributed by atoms with E-state index in [1.54, 1.807) is 12.4 Å². The number of nitrogens with one attached hydrogen (secondary N) is 1. The third kappa shape index (κ3) is 3.37. The highest BCUT2D eigenvalue weighted by Crippen LogP contribution is 2.20. The van der Waals surface area contributed by atoms with Crippen molar-refractivity contribution in [3.63, 3.8) is 0 Å². The fraction of sp³-hybridized carbons (Fsp3) is 0.267. The first-order valence-corrected chi connectivity index (χ1v) is 6.31. The van der Waals surface area contributed by atoms with Crippen molar-refractivity contribution in [3.8, 4) is 0 Å². The Morgan fingerprint density at radius 1 is 1.25 bits per heavy atom. The van der Waals surface area contributed by atoms with Crippen LogP contribution >= 0.6 is 0 Å². The monoisotopic (exact) mass is 278 g/mol. The number of hydrogen-bond acceptors (Lipinski definition) is 3. The molecule has 0 radical (unpaired) electrons. The van der Waals surface area contributed by atoms with E-state index < -0.39 is 17.7 Å². The van der Waals surface area contributed by atoms with Gasteiger partial charge in [0.2, 0.25) is 0 Å². The third-order valence-electron chi connectivity index (χ3n) is 3.13. The number of aliphatic hydroxyl groups is 1. The van der Waals surface area contributed by atoms with Crippen molar-refractivity contribution in [1.82, 2.24) is 10.3 Å². The van der Waals surface area contributed by atoms with E-state index in [4.69, 9.17) is 0 Å². The predicted molar refractivity (Wildman–Crippen MR) is 72.0 cm³/mol. The standard InChI is InChI=1S/C15H16F2N2O/c1-10-5-6-18-7-11(10)8-19-9-14(20)15-12(16)3-2-4-13(15)17/h2-7,14,19-20H,8-9H2,1H3. The van der Waals surface area contributed by atoms with E-state index in [1.807, 2.05) is 13.0 Å². The van der Waals surface area contributed by atoms with Gasteiger partial charge in [-0.3, -0.25) is 4.98 Å². The van der Waals surface area contributed by atoms with Crippen LogP contribution in [0.4, 0.5) is 8.78 Å². The lowest BCUT2D eigenvalue weighted by Crippen LogP contribution is -2.23.